The lowest BCUT2D eigenvalue weighted by Crippen LogP contribution is -2.40. The first-order chi connectivity index (χ1) is 9.65. The van der Waals surface area contributed by atoms with Crippen molar-refractivity contribution < 1.29 is 9.84 Å². The molecular weight excluding hydrogens is 250 g/mol. The first-order valence-corrected chi connectivity index (χ1v) is 6.82. The number of hydrogen-bond donors (Lipinski definition) is 2. The number of benzene rings is 2. The van der Waals surface area contributed by atoms with Crippen LogP contribution in [0, 0.1) is 6.92 Å². The van der Waals surface area contributed by atoms with Gasteiger partial charge in [0.1, 0.15) is 18.5 Å². The maximum absolute atomic E-state index is 10.1. The van der Waals surface area contributed by atoms with E-state index >= 15 is 0 Å². The molecule has 3 nitrogen and oxygen atoms in total. The molecule has 0 saturated carbocycles. The predicted molar refractivity (Wildman–Crippen MR) is 80.8 cm³/mol. The Kier molecular flexibility index (Phi) is 5.16. The molecule has 0 radical (unpaired) electrons. The van der Waals surface area contributed by atoms with Gasteiger partial charge in [-0.3, -0.25) is 0 Å². The highest BCUT2D eigenvalue weighted by Crippen LogP contribution is 2.13. The van der Waals surface area contributed by atoms with Crippen LogP contribution in [0.1, 0.15) is 11.1 Å². The van der Waals surface area contributed by atoms with Crippen LogP contribution in [-0.2, 0) is 6.42 Å². The predicted octanol–water partition coefficient (Wildman–Crippen LogP) is 2.30. The summed E-state index contributed by atoms with van der Waals surface area (Å²) in [5.41, 5.74) is 8.26. The Bertz CT molecular complexity index is 528. The normalized spacial score (nSPS) is 13.8. The van der Waals surface area contributed by atoms with E-state index in [1.54, 1.807) is 0 Å². The molecule has 2 aromatic rings. The standard InChI is InChI=1S/C17H21NO2/c1-13-6-5-9-15(10-13)20-12-17(19)16(18)11-14-7-3-2-4-8-14/h2-10,16-17,19H,11-12,18H2,1H3. The molecule has 2 aromatic carbocycles. The van der Waals surface area contributed by atoms with Crippen LogP contribution in [0.3, 0.4) is 0 Å². The number of aryl methyl sites for hydroxylation is 1. The molecule has 0 bridgehead atoms. The maximum atomic E-state index is 10.1. The molecule has 2 unspecified atom stereocenters. The third-order valence-electron chi connectivity index (χ3n) is 3.22. The van der Waals surface area contributed by atoms with Crippen LogP contribution < -0.4 is 10.5 Å². The van der Waals surface area contributed by atoms with Gasteiger partial charge in [-0.15, -0.1) is 0 Å². The molecule has 0 fully saturated rings. The Hall–Kier alpha value is -1.84. The van der Waals surface area contributed by atoms with Gasteiger partial charge in [-0.2, -0.15) is 0 Å². The summed E-state index contributed by atoms with van der Waals surface area (Å²) in [5.74, 6) is 0.760. The highest BCUT2D eigenvalue weighted by Gasteiger charge is 2.16. The van der Waals surface area contributed by atoms with Crippen molar-refractivity contribution in [3.63, 3.8) is 0 Å². The monoisotopic (exact) mass is 271 g/mol. The minimum Gasteiger partial charge on any atom is -0.491 e. The third kappa shape index (κ3) is 4.37. The quantitative estimate of drug-likeness (QED) is 0.847. The van der Waals surface area contributed by atoms with Crippen molar-refractivity contribution in [2.45, 2.75) is 25.5 Å². The van der Waals surface area contributed by atoms with Crippen molar-refractivity contribution in [1.82, 2.24) is 0 Å². The number of aliphatic hydroxyl groups excluding tert-OH is 1. The summed E-state index contributed by atoms with van der Waals surface area (Å²) in [5, 5.41) is 10.1. The molecule has 0 spiro atoms. The van der Waals surface area contributed by atoms with Gasteiger partial charge < -0.3 is 15.6 Å². The van der Waals surface area contributed by atoms with Gasteiger partial charge >= 0.3 is 0 Å². The Labute approximate surface area is 120 Å². The number of hydrogen-bond acceptors (Lipinski definition) is 3. The summed E-state index contributed by atoms with van der Waals surface area (Å²) in [6.45, 7) is 2.21. The number of nitrogens with two attached hydrogens (primary N) is 1. The molecule has 0 heterocycles. The minimum atomic E-state index is -0.685. The molecule has 0 aromatic heterocycles. The first-order valence-electron chi connectivity index (χ1n) is 6.82. The van der Waals surface area contributed by atoms with Crippen LogP contribution in [0.4, 0.5) is 0 Å². The summed E-state index contributed by atoms with van der Waals surface area (Å²) in [6.07, 6.45) is -0.0464. The highest BCUT2D eigenvalue weighted by atomic mass is 16.5. The van der Waals surface area contributed by atoms with Crippen LogP contribution in [0.2, 0.25) is 0 Å². The molecule has 0 aliphatic rings. The van der Waals surface area contributed by atoms with E-state index in [0.717, 1.165) is 16.9 Å². The van der Waals surface area contributed by atoms with Crippen molar-refractivity contribution >= 4 is 0 Å². The molecule has 3 heteroatoms. The van der Waals surface area contributed by atoms with Gasteiger partial charge in [0.15, 0.2) is 0 Å². The largest absolute Gasteiger partial charge is 0.491 e. The van der Waals surface area contributed by atoms with Gasteiger partial charge in [-0.05, 0) is 36.6 Å². The van der Waals surface area contributed by atoms with E-state index in [2.05, 4.69) is 0 Å². The lowest BCUT2D eigenvalue weighted by atomic mass is 10.0. The van der Waals surface area contributed by atoms with E-state index in [1.165, 1.54) is 0 Å². The van der Waals surface area contributed by atoms with Crippen LogP contribution >= 0.6 is 0 Å². The van der Waals surface area contributed by atoms with E-state index in [1.807, 2.05) is 61.5 Å². The third-order valence-corrected chi connectivity index (χ3v) is 3.22. The van der Waals surface area contributed by atoms with Crippen molar-refractivity contribution in [2.75, 3.05) is 6.61 Å². The van der Waals surface area contributed by atoms with Crippen LogP contribution in [0.25, 0.3) is 0 Å². The molecule has 106 valence electrons. The molecule has 2 atom stereocenters. The molecule has 0 aliphatic carbocycles. The fraction of sp³-hybridized carbons (Fsp3) is 0.294. The van der Waals surface area contributed by atoms with Crippen molar-refractivity contribution in [2.24, 2.45) is 5.73 Å². The Morgan fingerprint density at radius 1 is 1.10 bits per heavy atom. The first kappa shape index (κ1) is 14.6. The topological polar surface area (TPSA) is 55.5 Å². The maximum Gasteiger partial charge on any atom is 0.119 e. The fourth-order valence-corrected chi connectivity index (χ4v) is 2.03. The van der Waals surface area contributed by atoms with Gasteiger partial charge in [0.05, 0.1) is 0 Å². The average Bonchev–Trinajstić information content (AvgIpc) is 2.46. The second kappa shape index (κ2) is 7.08. The summed E-state index contributed by atoms with van der Waals surface area (Å²) in [4.78, 5) is 0. The molecule has 0 aliphatic heterocycles. The van der Waals surface area contributed by atoms with Crippen LogP contribution in [0.15, 0.2) is 54.6 Å². The van der Waals surface area contributed by atoms with E-state index in [4.69, 9.17) is 10.5 Å². The Morgan fingerprint density at radius 2 is 1.85 bits per heavy atom. The van der Waals surface area contributed by atoms with Crippen LogP contribution in [-0.4, -0.2) is 23.9 Å². The molecule has 0 saturated heterocycles. The van der Waals surface area contributed by atoms with Crippen molar-refractivity contribution in [1.29, 1.82) is 0 Å². The fourth-order valence-electron chi connectivity index (χ4n) is 2.03. The number of rotatable bonds is 6. The summed E-state index contributed by atoms with van der Waals surface area (Å²) in [7, 11) is 0. The SMILES string of the molecule is Cc1cccc(OCC(O)C(N)Cc2ccccc2)c1. The zero-order chi connectivity index (χ0) is 14.4. The van der Waals surface area contributed by atoms with Gasteiger partial charge in [0.25, 0.3) is 0 Å². The summed E-state index contributed by atoms with van der Waals surface area (Å²) in [6, 6.07) is 17.3. The van der Waals surface area contributed by atoms with Crippen molar-refractivity contribution in [3.05, 3.63) is 65.7 Å². The minimum absolute atomic E-state index is 0.206. The molecule has 20 heavy (non-hydrogen) atoms. The average molecular weight is 271 g/mol. The van der Waals surface area contributed by atoms with Gasteiger partial charge in [-0.25, -0.2) is 0 Å². The molecular formula is C17H21NO2. The van der Waals surface area contributed by atoms with Crippen LogP contribution in [0.5, 0.6) is 5.75 Å². The van der Waals surface area contributed by atoms with Gasteiger partial charge in [-0.1, -0.05) is 42.5 Å². The highest BCUT2D eigenvalue weighted by molar-refractivity contribution is 5.27. The van der Waals surface area contributed by atoms with Gasteiger partial charge in [0.2, 0.25) is 0 Å². The lowest BCUT2D eigenvalue weighted by molar-refractivity contribution is 0.0851. The number of ether oxygens (including phenoxy) is 1. The zero-order valence-electron chi connectivity index (χ0n) is 11.7. The molecule has 2 rings (SSSR count). The zero-order valence-corrected chi connectivity index (χ0v) is 11.7. The Balaban J connectivity index is 1.83. The second-order valence-corrected chi connectivity index (χ2v) is 5.05. The molecule has 3 N–H and O–H groups in total. The van der Waals surface area contributed by atoms with E-state index in [0.29, 0.717) is 6.42 Å². The number of aliphatic hydroxyl groups is 1. The second-order valence-electron chi connectivity index (χ2n) is 5.05. The van der Waals surface area contributed by atoms with E-state index in [9.17, 15) is 5.11 Å². The van der Waals surface area contributed by atoms with Gasteiger partial charge in [0, 0.05) is 6.04 Å². The summed E-state index contributed by atoms with van der Waals surface area (Å²) < 4.78 is 5.58. The van der Waals surface area contributed by atoms with E-state index < -0.39 is 6.10 Å². The smallest absolute Gasteiger partial charge is 0.119 e. The van der Waals surface area contributed by atoms with Crippen molar-refractivity contribution in [3.8, 4) is 5.75 Å². The Morgan fingerprint density at radius 3 is 2.55 bits per heavy atom. The molecule has 0 amide bonds. The lowest BCUT2D eigenvalue weighted by Gasteiger charge is -2.19. The van der Waals surface area contributed by atoms with E-state index in [-0.39, 0.29) is 12.6 Å². The summed E-state index contributed by atoms with van der Waals surface area (Å²) >= 11 is 0.